The van der Waals surface area contributed by atoms with Gasteiger partial charge in [0.2, 0.25) is 0 Å². The summed E-state index contributed by atoms with van der Waals surface area (Å²) >= 11 is 1.75. The summed E-state index contributed by atoms with van der Waals surface area (Å²) in [7, 11) is 0. The summed E-state index contributed by atoms with van der Waals surface area (Å²) < 4.78 is 0. The van der Waals surface area contributed by atoms with Crippen LogP contribution in [0.3, 0.4) is 0 Å². The van der Waals surface area contributed by atoms with E-state index in [0.29, 0.717) is 25.9 Å². The molecule has 0 fully saturated rings. The zero-order valence-corrected chi connectivity index (χ0v) is 10.4. The van der Waals surface area contributed by atoms with Gasteiger partial charge >= 0.3 is 12.0 Å². The highest BCUT2D eigenvalue weighted by Crippen LogP contribution is 1.94. The van der Waals surface area contributed by atoms with Gasteiger partial charge in [-0.3, -0.25) is 4.79 Å². The number of hydrogen-bond acceptors (Lipinski definition) is 3. The summed E-state index contributed by atoms with van der Waals surface area (Å²) in [6, 6.07) is -0.170. The lowest BCUT2D eigenvalue weighted by Gasteiger charge is -2.06. The van der Waals surface area contributed by atoms with Gasteiger partial charge in [-0.1, -0.05) is 0 Å². The van der Waals surface area contributed by atoms with Crippen molar-refractivity contribution >= 4 is 23.8 Å². The Labute approximate surface area is 100 Å². The number of urea groups is 1. The Kier molecular flexibility index (Phi) is 10.00. The SMILES string of the molecule is CSCCCNC(=O)NCCCCC(=O)O. The van der Waals surface area contributed by atoms with E-state index in [-0.39, 0.29) is 12.5 Å². The van der Waals surface area contributed by atoms with Gasteiger partial charge in [0, 0.05) is 19.5 Å². The molecule has 0 spiro atoms. The number of unbranched alkanes of at least 4 members (excludes halogenated alkanes) is 1. The number of carboxylic acids is 1. The second-order valence-electron chi connectivity index (χ2n) is 3.38. The number of carbonyl (C=O) groups is 2. The van der Waals surface area contributed by atoms with Gasteiger partial charge in [0.05, 0.1) is 0 Å². The Hall–Kier alpha value is -0.910. The van der Waals surface area contributed by atoms with Crippen molar-refractivity contribution in [3.05, 3.63) is 0 Å². The van der Waals surface area contributed by atoms with Crippen LogP contribution in [-0.4, -0.2) is 42.2 Å². The van der Waals surface area contributed by atoms with Crippen LogP contribution in [0.25, 0.3) is 0 Å². The van der Waals surface area contributed by atoms with Crippen LogP contribution in [0, 0.1) is 0 Å². The first-order valence-electron chi connectivity index (χ1n) is 5.39. The van der Waals surface area contributed by atoms with Gasteiger partial charge in [-0.25, -0.2) is 4.79 Å². The van der Waals surface area contributed by atoms with Crippen LogP contribution in [0.1, 0.15) is 25.7 Å². The molecule has 0 bridgehead atoms. The summed E-state index contributed by atoms with van der Waals surface area (Å²) in [5, 5.41) is 13.8. The molecule has 16 heavy (non-hydrogen) atoms. The molecule has 0 atom stereocenters. The van der Waals surface area contributed by atoms with E-state index in [1.165, 1.54) is 0 Å². The number of hydrogen-bond donors (Lipinski definition) is 3. The molecule has 0 unspecified atom stereocenters. The van der Waals surface area contributed by atoms with Crippen molar-refractivity contribution in [1.82, 2.24) is 10.6 Å². The molecule has 0 aromatic rings. The number of carboxylic acid groups (broad SMARTS) is 1. The summed E-state index contributed by atoms with van der Waals surface area (Å²) in [5.74, 6) is 0.250. The van der Waals surface area contributed by atoms with Gasteiger partial charge in [0.1, 0.15) is 0 Å². The molecule has 6 heteroatoms. The number of rotatable bonds is 9. The molecule has 0 heterocycles. The van der Waals surface area contributed by atoms with Crippen molar-refractivity contribution in [2.45, 2.75) is 25.7 Å². The number of carbonyl (C=O) groups excluding carboxylic acids is 1. The van der Waals surface area contributed by atoms with Crippen LogP contribution in [0.2, 0.25) is 0 Å². The van der Waals surface area contributed by atoms with Crippen LogP contribution >= 0.6 is 11.8 Å². The predicted molar refractivity (Wildman–Crippen MR) is 65.9 cm³/mol. The average molecular weight is 248 g/mol. The first-order chi connectivity index (χ1) is 7.66. The highest BCUT2D eigenvalue weighted by Gasteiger charge is 1.99. The maximum atomic E-state index is 11.2. The average Bonchev–Trinajstić information content (AvgIpc) is 2.23. The molecule has 0 aliphatic carbocycles. The topological polar surface area (TPSA) is 78.4 Å². The number of nitrogens with one attached hydrogen (secondary N) is 2. The molecule has 5 nitrogen and oxygen atoms in total. The molecule has 0 aliphatic rings. The third kappa shape index (κ3) is 11.2. The minimum Gasteiger partial charge on any atom is -0.481 e. The van der Waals surface area contributed by atoms with E-state index < -0.39 is 5.97 Å². The second-order valence-corrected chi connectivity index (χ2v) is 4.37. The molecule has 2 amide bonds. The van der Waals surface area contributed by atoms with Crippen molar-refractivity contribution in [2.75, 3.05) is 25.1 Å². The van der Waals surface area contributed by atoms with E-state index in [1.54, 1.807) is 11.8 Å². The van der Waals surface area contributed by atoms with E-state index >= 15 is 0 Å². The Morgan fingerprint density at radius 1 is 1.12 bits per heavy atom. The van der Waals surface area contributed by atoms with Crippen molar-refractivity contribution in [3.63, 3.8) is 0 Å². The van der Waals surface area contributed by atoms with Gasteiger partial charge in [-0.05, 0) is 31.3 Å². The van der Waals surface area contributed by atoms with Crippen molar-refractivity contribution in [3.8, 4) is 0 Å². The van der Waals surface area contributed by atoms with Crippen molar-refractivity contribution in [2.24, 2.45) is 0 Å². The highest BCUT2D eigenvalue weighted by atomic mass is 32.2. The zero-order chi connectivity index (χ0) is 12.2. The minimum atomic E-state index is -0.790. The van der Waals surface area contributed by atoms with Crippen LogP contribution < -0.4 is 10.6 Å². The fourth-order valence-corrected chi connectivity index (χ4v) is 1.52. The minimum absolute atomic E-state index is 0.164. The van der Waals surface area contributed by atoms with E-state index in [9.17, 15) is 9.59 Å². The highest BCUT2D eigenvalue weighted by molar-refractivity contribution is 7.98. The van der Waals surface area contributed by atoms with E-state index in [0.717, 1.165) is 12.2 Å². The Bertz CT molecular complexity index is 212. The summed E-state index contributed by atoms with van der Waals surface area (Å²) in [6.45, 7) is 1.21. The van der Waals surface area contributed by atoms with E-state index in [2.05, 4.69) is 10.6 Å². The number of amides is 2. The van der Waals surface area contributed by atoms with Crippen LogP contribution in [0.4, 0.5) is 4.79 Å². The lowest BCUT2D eigenvalue weighted by molar-refractivity contribution is -0.137. The van der Waals surface area contributed by atoms with Gasteiger partial charge in [0.15, 0.2) is 0 Å². The Morgan fingerprint density at radius 3 is 2.31 bits per heavy atom. The molecule has 0 radical (unpaired) electrons. The van der Waals surface area contributed by atoms with Gasteiger partial charge < -0.3 is 15.7 Å². The lowest BCUT2D eigenvalue weighted by atomic mass is 10.2. The normalized spacial score (nSPS) is 9.81. The second kappa shape index (κ2) is 10.6. The Balaban J connectivity index is 3.20. The van der Waals surface area contributed by atoms with Crippen molar-refractivity contribution in [1.29, 1.82) is 0 Å². The van der Waals surface area contributed by atoms with Crippen LogP contribution in [-0.2, 0) is 4.79 Å². The maximum absolute atomic E-state index is 11.2. The Morgan fingerprint density at radius 2 is 1.75 bits per heavy atom. The third-order valence-electron chi connectivity index (χ3n) is 1.91. The molecule has 0 rings (SSSR count). The molecule has 0 saturated heterocycles. The first-order valence-corrected chi connectivity index (χ1v) is 6.78. The van der Waals surface area contributed by atoms with E-state index in [1.807, 2.05) is 6.26 Å². The smallest absolute Gasteiger partial charge is 0.314 e. The lowest BCUT2D eigenvalue weighted by Crippen LogP contribution is -2.36. The van der Waals surface area contributed by atoms with Crippen LogP contribution in [0.15, 0.2) is 0 Å². The third-order valence-corrected chi connectivity index (χ3v) is 2.61. The monoisotopic (exact) mass is 248 g/mol. The number of aliphatic carboxylic acids is 1. The maximum Gasteiger partial charge on any atom is 0.314 e. The van der Waals surface area contributed by atoms with Gasteiger partial charge in [0.25, 0.3) is 0 Å². The molecular weight excluding hydrogens is 228 g/mol. The molecule has 0 saturated carbocycles. The quantitative estimate of drug-likeness (QED) is 0.537. The van der Waals surface area contributed by atoms with E-state index in [4.69, 9.17) is 5.11 Å². The standard InChI is InChI=1S/C10H20N2O3S/c1-16-8-4-7-12-10(15)11-6-3-2-5-9(13)14/h2-8H2,1H3,(H,13,14)(H2,11,12,15). The van der Waals surface area contributed by atoms with Crippen molar-refractivity contribution < 1.29 is 14.7 Å². The largest absolute Gasteiger partial charge is 0.481 e. The summed E-state index contributed by atoms with van der Waals surface area (Å²) in [6.07, 6.45) is 4.46. The molecule has 0 aromatic heterocycles. The van der Waals surface area contributed by atoms with Gasteiger partial charge in [-0.15, -0.1) is 0 Å². The zero-order valence-electron chi connectivity index (χ0n) is 9.62. The molecule has 3 N–H and O–H groups in total. The summed E-state index contributed by atoms with van der Waals surface area (Å²) in [5.41, 5.74) is 0. The summed E-state index contributed by atoms with van der Waals surface area (Å²) in [4.78, 5) is 21.4. The fraction of sp³-hybridized carbons (Fsp3) is 0.800. The van der Waals surface area contributed by atoms with Gasteiger partial charge in [-0.2, -0.15) is 11.8 Å². The number of thioether (sulfide) groups is 1. The first kappa shape index (κ1) is 15.1. The predicted octanol–water partition coefficient (Wildman–Crippen LogP) is 1.29. The molecular formula is C10H20N2O3S. The molecule has 0 aliphatic heterocycles. The molecule has 94 valence electrons. The molecule has 0 aromatic carbocycles. The fourth-order valence-electron chi connectivity index (χ4n) is 1.08. The van der Waals surface area contributed by atoms with Crippen LogP contribution in [0.5, 0.6) is 0 Å².